The lowest BCUT2D eigenvalue weighted by Gasteiger charge is -2.18. The fourth-order valence-corrected chi connectivity index (χ4v) is 5.01. The normalized spacial score (nSPS) is 18.6. The minimum atomic E-state index is -1.40. The molecule has 1 atom stereocenters. The number of hydrogen-bond acceptors (Lipinski definition) is 6. The molecule has 188 valence electrons. The van der Waals surface area contributed by atoms with Crippen LogP contribution in [0.2, 0.25) is 0 Å². The fraction of sp³-hybridized carbons (Fsp3) is 0.250. The summed E-state index contributed by atoms with van der Waals surface area (Å²) >= 11 is 0. The van der Waals surface area contributed by atoms with Crippen LogP contribution < -0.4 is 14.8 Å². The highest BCUT2D eigenvalue weighted by Crippen LogP contribution is 2.34. The Morgan fingerprint density at radius 2 is 1.81 bits per heavy atom. The third-order valence-electron chi connectivity index (χ3n) is 7.15. The van der Waals surface area contributed by atoms with E-state index in [1.54, 1.807) is 25.1 Å². The van der Waals surface area contributed by atoms with E-state index >= 15 is 0 Å². The molecule has 0 radical (unpaired) electrons. The van der Waals surface area contributed by atoms with Gasteiger partial charge in [0.1, 0.15) is 11.3 Å². The predicted molar refractivity (Wildman–Crippen MR) is 134 cm³/mol. The molecule has 1 saturated heterocycles. The molecule has 0 aliphatic carbocycles. The molecule has 37 heavy (non-hydrogen) atoms. The van der Waals surface area contributed by atoms with Gasteiger partial charge in [-0.1, -0.05) is 24.3 Å². The Bertz CT molecular complexity index is 1570. The molecule has 3 amide bonds. The number of benzene rings is 2. The Hall–Kier alpha value is -4.53. The quantitative estimate of drug-likeness (QED) is 0.314. The largest absolute Gasteiger partial charge is 0.458 e. The topological polar surface area (TPSA) is 103 Å². The summed E-state index contributed by atoms with van der Waals surface area (Å²) in [5, 5.41) is 3.54. The van der Waals surface area contributed by atoms with E-state index in [2.05, 4.69) is 5.32 Å². The Morgan fingerprint density at radius 3 is 2.62 bits per heavy atom. The van der Waals surface area contributed by atoms with Crippen LogP contribution >= 0.6 is 0 Å². The van der Waals surface area contributed by atoms with Crippen molar-refractivity contribution in [1.82, 2.24) is 14.8 Å². The number of hydrogen-bond donors (Lipinski definition) is 1. The van der Waals surface area contributed by atoms with E-state index in [-0.39, 0.29) is 19.1 Å². The summed E-state index contributed by atoms with van der Waals surface area (Å²) in [4.78, 5) is 40.5. The van der Waals surface area contributed by atoms with Crippen molar-refractivity contribution in [3.05, 3.63) is 82.9 Å². The molecule has 0 bridgehead atoms. The second kappa shape index (κ2) is 8.26. The van der Waals surface area contributed by atoms with E-state index in [0.717, 1.165) is 27.2 Å². The molecule has 4 aromatic rings. The van der Waals surface area contributed by atoms with E-state index in [0.29, 0.717) is 35.0 Å². The fourth-order valence-electron chi connectivity index (χ4n) is 5.01. The van der Waals surface area contributed by atoms with E-state index in [4.69, 9.17) is 13.9 Å². The number of carbonyl (C=O) groups is 3. The predicted octanol–water partition coefficient (Wildman–Crippen LogP) is 4.28. The van der Waals surface area contributed by atoms with E-state index < -0.39 is 17.5 Å². The highest BCUT2D eigenvalue weighted by Gasteiger charge is 2.51. The number of urea groups is 1. The summed E-state index contributed by atoms with van der Waals surface area (Å²) in [5.41, 5.74) is 2.34. The minimum absolute atomic E-state index is 0.206. The second-order valence-corrected chi connectivity index (χ2v) is 9.58. The Morgan fingerprint density at radius 1 is 1.03 bits per heavy atom. The number of amides is 3. The van der Waals surface area contributed by atoms with Gasteiger partial charge < -0.3 is 23.8 Å². The summed E-state index contributed by atoms with van der Waals surface area (Å²) in [6.07, 6.45) is 0. The molecule has 6 rings (SSSR count). The van der Waals surface area contributed by atoms with Crippen LogP contribution in [0, 0.1) is 13.8 Å². The van der Waals surface area contributed by atoms with Crippen LogP contribution in [0.3, 0.4) is 0 Å². The molecule has 2 aromatic heterocycles. The number of nitrogens with zero attached hydrogens (tertiary/aromatic N) is 2. The number of fused-ring (bicyclic) bond motifs is 2. The molecule has 0 unspecified atom stereocenters. The van der Waals surface area contributed by atoms with Crippen LogP contribution in [0.4, 0.5) is 4.79 Å². The van der Waals surface area contributed by atoms with Gasteiger partial charge in [-0.2, -0.15) is 0 Å². The van der Waals surface area contributed by atoms with Gasteiger partial charge in [-0.25, -0.2) is 4.79 Å². The summed E-state index contributed by atoms with van der Waals surface area (Å²) in [6.45, 7) is 5.74. The molecule has 2 aliphatic rings. The second-order valence-electron chi connectivity index (χ2n) is 9.58. The first-order chi connectivity index (χ1) is 17.7. The number of para-hydroxylation sites is 1. The lowest BCUT2D eigenvalue weighted by molar-refractivity contribution is -0.131. The number of imide groups is 1. The summed E-state index contributed by atoms with van der Waals surface area (Å²) in [6, 6.07) is 16.0. The molecule has 0 spiro atoms. The highest BCUT2D eigenvalue weighted by atomic mass is 16.7. The Balaban J connectivity index is 1.22. The molecule has 0 saturated carbocycles. The number of ketones is 1. The third-order valence-corrected chi connectivity index (χ3v) is 7.15. The first-order valence-electron chi connectivity index (χ1n) is 12.0. The van der Waals surface area contributed by atoms with Gasteiger partial charge in [-0.3, -0.25) is 14.5 Å². The molecule has 9 nitrogen and oxygen atoms in total. The van der Waals surface area contributed by atoms with E-state index in [1.165, 1.54) is 0 Å². The van der Waals surface area contributed by atoms with Crippen molar-refractivity contribution in [3.8, 4) is 11.5 Å². The first kappa shape index (κ1) is 22.9. The van der Waals surface area contributed by atoms with Crippen LogP contribution in [0.25, 0.3) is 11.0 Å². The SMILES string of the molecule is Cc1cc(C(=O)CN2C(=O)N[C@](C)(c3cc4ccccc4o3)C2=O)c(C)n1Cc1ccc2c(c1)OCO2. The number of aromatic nitrogens is 1. The van der Waals surface area contributed by atoms with Crippen LogP contribution in [0.5, 0.6) is 11.5 Å². The first-order valence-corrected chi connectivity index (χ1v) is 12.0. The highest BCUT2D eigenvalue weighted by molar-refractivity contribution is 6.11. The van der Waals surface area contributed by atoms with Crippen molar-refractivity contribution in [3.63, 3.8) is 0 Å². The zero-order valence-corrected chi connectivity index (χ0v) is 20.7. The van der Waals surface area contributed by atoms with Crippen molar-refractivity contribution in [2.45, 2.75) is 32.9 Å². The third kappa shape index (κ3) is 3.66. The summed E-state index contributed by atoms with van der Waals surface area (Å²) in [5.74, 6) is 0.886. The average Bonchev–Trinajstić information content (AvgIpc) is 3.63. The van der Waals surface area contributed by atoms with E-state index in [9.17, 15) is 14.4 Å². The number of aryl methyl sites for hydroxylation is 1. The molecular formula is C28H25N3O6. The molecule has 1 N–H and O–H groups in total. The maximum atomic E-state index is 13.4. The van der Waals surface area contributed by atoms with Gasteiger partial charge in [0, 0.05) is 28.9 Å². The number of rotatable bonds is 6. The van der Waals surface area contributed by atoms with Gasteiger partial charge in [0.05, 0.1) is 6.54 Å². The zero-order valence-electron chi connectivity index (χ0n) is 20.7. The number of furan rings is 1. The van der Waals surface area contributed by atoms with Gasteiger partial charge in [-0.05, 0) is 56.7 Å². The number of carbonyl (C=O) groups excluding carboxylic acids is 3. The number of nitrogens with one attached hydrogen (secondary N) is 1. The molecule has 4 heterocycles. The Labute approximate surface area is 212 Å². The van der Waals surface area contributed by atoms with Gasteiger partial charge in [0.25, 0.3) is 5.91 Å². The lowest BCUT2D eigenvalue weighted by atomic mass is 9.98. The minimum Gasteiger partial charge on any atom is -0.458 e. The maximum absolute atomic E-state index is 13.4. The van der Waals surface area contributed by atoms with Gasteiger partial charge in [0.15, 0.2) is 22.8 Å². The van der Waals surface area contributed by atoms with Crippen molar-refractivity contribution in [2.75, 3.05) is 13.3 Å². The zero-order chi connectivity index (χ0) is 25.9. The van der Waals surface area contributed by atoms with Crippen molar-refractivity contribution >= 4 is 28.7 Å². The van der Waals surface area contributed by atoms with Gasteiger partial charge in [-0.15, -0.1) is 0 Å². The lowest BCUT2D eigenvalue weighted by Crippen LogP contribution is -2.41. The average molecular weight is 500 g/mol. The van der Waals surface area contributed by atoms with E-state index in [1.807, 2.05) is 54.8 Å². The molecule has 9 heteroatoms. The molecule has 1 fully saturated rings. The number of ether oxygens (including phenoxy) is 2. The van der Waals surface area contributed by atoms with Crippen molar-refractivity contribution in [2.24, 2.45) is 0 Å². The van der Waals surface area contributed by atoms with Crippen LogP contribution in [0.15, 0.2) is 59.0 Å². The molecule has 2 aliphatic heterocycles. The molecular weight excluding hydrogens is 474 g/mol. The maximum Gasteiger partial charge on any atom is 0.325 e. The monoisotopic (exact) mass is 499 g/mol. The standard InChI is InChI=1S/C28H25N3O6/c1-16-10-20(17(2)30(16)13-18-8-9-23-24(11-18)36-15-35-23)21(32)14-31-26(33)28(3,29-27(31)34)25-12-19-6-4-5-7-22(19)37-25/h4-12H,13-15H2,1-3H3,(H,29,34)/t28-/m1/s1. The van der Waals surface area contributed by atoms with Gasteiger partial charge in [0.2, 0.25) is 6.79 Å². The van der Waals surface area contributed by atoms with Crippen molar-refractivity contribution < 1.29 is 28.3 Å². The smallest absolute Gasteiger partial charge is 0.325 e. The summed E-state index contributed by atoms with van der Waals surface area (Å²) in [7, 11) is 0. The van der Waals surface area contributed by atoms with Crippen LogP contribution in [-0.4, -0.2) is 40.5 Å². The van der Waals surface area contributed by atoms with Gasteiger partial charge >= 0.3 is 6.03 Å². The Kier molecular flexibility index (Phi) is 5.11. The summed E-state index contributed by atoms with van der Waals surface area (Å²) < 4.78 is 18.7. The van der Waals surface area contributed by atoms with Crippen molar-refractivity contribution in [1.29, 1.82) is 0 Å². The number of Topliss-reactive ketones (excluding diaryl/α,β-unsaturated/α-hetero) is 1. The van der Waals surface area contributed by atoms with Crippen LogP contribution in [0.1, 0.15) is 40.0 Å². The molecule has 2 aromatic carbocycles. The van der Waals surface area contributed by atoms with Crippen LogP contribution in [-0.2, 0) is 16.9 Å².